The maximum atomic E-state index is 12.8. The van der Waals surface area contributed by atoms with Crippen LogP contribution in [0.2, 0.25) is 0 Å². The third-order valence-corrected chi connectivity index (χ3v) is 7.80. The molecule has 0 heterocycles. The Balaban J connectivity index is 1.04. The number of para-hydroxylation sites is 2. The number of phenolic OH excluding ortho intramolecular Hbond substituents is 1. The largest absolute Gasteiger partial charge is 0.506 e. The number of benzene rings is 6. The summed E-state index contributed by atoms with van der Waals surface area (Å²) in [6.45, 7) is 0. The van der Waals surface area contributed by atoms with Crippen molar-refractivity contribution >= 4 is 51.1 Å². The Hall–Kier alpha value is -6.28. The molecule has 0 aliphatic heterocycles. The zero-order valence-corrected chi connectivity index (χ0v) is 25.8. The van der Waals surface area contributed by atoms with E-state index in [2.05, 4.69) is 74.3 Å². The number of anilines is 4. The number of hydrogen-bond acceptors (Lipinski definition) is 6. The maximum absolute atomic E-state index is 12.8. The van der Waals surface area contributed by atoms with Crippen molar-refractivity contribution in [3.8, 4) is 5.75 Å². The topological polar surface area (TPSA) is 106 Å². The number of amides is 3. The molecule has 8 heteroatoms. The molecule has 3 amide bonds. The van der Waals surface area contributed by atoms with E-state index >= 15 is 0 Å². The summed E-state index contributed by atoms with van der Waals surface area (Å²) < 4.78 is 0. The second-order valence-corrected chi connectivity index (χ2v) is 10.9. The van der Waals surface area contributed by atoms with Crippen LogP contribution in [0.15, 0.2) is 150 Å². The normalized spacial score (nSPS) is 11.0. The third kappa shape index (κ3) is 7.34. The third-order valence-electron chi connectivity index (χ3n) is 7.80. The van der Waals surface area contributed by atoms with Gasteiger partial charge in [-0.05, 0) is 96.1 Å². The summed E-state index contributed by atoms with van der Waals surface area (Å²) in [6, 6.07) is 44.3. The fraction of sp³-hybridized carbons (Fsp3) is 0.0769. The Labute approximate surface area is 273 Å². The quantitative estimate of drug-likeness (QED) is 0.140. The van der Waals surface area contributed by atoms with Gasteiger partial charge in [0.15, 0.2) is 0 Å². The lowest BCUT2D eigenvalue weighted by Gasteiger charge is -2.25. The van der Waals surface area contributed by atoms with Crippen LogP contribution in [-0.4, -0.2) is 24.1 Å². The fourth-order valence-electron chi connectivity index (χ4n) is 5.44. The summed E-state index contributed by atoms with van der Waals surface area (Å²) >= 11 is 0. The highest BCUT2D eigenvalue weighted by Crippen LogP contribution is 2.36. The molecule has 0 aromatic heterocycles. The highest BCUT2D eigenvalue weighted by atomic mass is 16.3. The van der Waals surface area contributed by atoms with Gasteiger partial charge < -0.3 is 15.3 Å². The van der Waals surface area contributed by atoms with E-state index in [1.165, 1.54) is 18.7 Å². The molecule has 0 spiro atoms. The molecular formula is C39H33N5O3. The zero-order chi connectivity index (χ0) is 32.6. The molecule has 0 aliphatic carbocycles. The van der Waals surface area contributed by atoms with Gasteiger partial charge in [0.1, 0.15) is 11.4 Å². The molecule has 232 valence electrons. The van der Waals surface area contributed by atoms with E-state index in [4.69, 9.17) is 0 Å². The van der Waals surface area contributed by atoms with Crippen molar-refractivity contribution in [1.82, 2.24) is 5.32 Å². The second kappa shape index (κ2) is 14.2. The molecule has 6 aromatic carbocycles. The van der Waals surface area contributed by atoms with Crippen LogP contribution in [0.4, 0.5) is 33.2 Å². The van der Waals surface area contributed by atoms with E-state index in [0.29, 0.717) is 27.7 Å². The van der Waals surface area contributed by atoms with Crippen molar-refractivity contribution in [3.63, 3.8) is 0 Å². The Morgan fingerprint density at radius 3 is 1.85 bits per heavy atom. The number of aryl methyl sites for hydroxylation is 2. The maximum Gasteiger partial charge on any atom is 0.326 e. The Bertz CT molecular complexity index is 1990. The second-order valence-electron chi connectivity index (χ2n) is 10.9. The lowest BCUT2D eigenvalue weighted by molar-refractivity contribution is 0.0967. The van der Waals surface area contributed by atoms with Crippen LogP contribution < -0.4 is 15.5 Å². The summed E-state index contributed by atoms with van der Waals surface area (Å²) in [5, 5.41) is 24.2. The molecule has 8 nitrogen and oxygen atoms in total. The number of hydrogen-bond donors (Lipinski definition) is 3. The SMILES string of the molecule is CN=Nc1c(O)ccc2cc(C(=O)NC(=O)Nc3ccc(CCc4ccc(N(c5ccccc5)c5ccccc5)cc4)cc3)ccc12. The predicted molar refractivity (Wildman–Crippen MR) is 188 cm³/mol. The van der Waals surface area contributed by atoms with Gasteiger partial charge in [0.25, 0.3) is 5.91 Å². The average Bonchev–Trinajstić information content (AvgIpc) is 3.10. The minimum Gasteiger partial charge on any atom is -0.506 e. The number of nitrogens with one attached hydrogen (secondary N) is 2. The Morgan fingerprint density at radius 1 is 0.681 bits per heavy atom. The molecule has 3 N–H and O–H groups in total. The van der Waals surface area contributed by atoms with Gasteiger partial charge in [0, 0.05) is 40.7 Å². The van der Waals surface area contributed by atoms with Crippen LogP contribution in [0.1, 0.15) is 21.5 Å². The first-order valence-electron chi connectivity index (χ1n) is 15.2. The monoisotopic (exact) mass is 619 g/mol. The molecule has 6 aromatic rings. The highest BCUT2D eigenvalue weighted by molar-refractivity contribution is 6.10. The molecule has 0 saturated carbocycles. The van der Waals surface area contributed by atoms with Gasteiger partial charge in [0.05, 0.1) is 0 Å². The van der Waals surface area contributed by atoms with Gasteiger partial charge in [-0.25, -0.2) is 4.79 Å². The van der Waals surface area contributed by atoms with E-state index in [1.54, 1.807) is 24.3 Å². The molecule has 0 atom stereocenters. The standard InChI is InChI=1S/C39H33N5O3/c1-40-43-37-35-24-18-30(26-29(35)19-25-36(37)45)38(46)42-39(47)41-31-20-14-27(15-21-31)12-13-28-16-22-34(23-17-28)44(32-8-4-2-5-9-32)33-10-6-3-7-11-33/h2-11,14-26,45H,12-13H2,1H3,(H2,41,42,46,47). The van der Waals surface area contributed by atoms with E-state index < -0.39 is 11.9 Å². The molecular weight excluding hydrogens is 586 g/mol. The zero-order valence-electron chi connectivity index (χ0n) is 25.8. The lowest BCUT2D eigenvalue weighted by Crippen LogP contribution is -2.34. The number of aromatic hydroxyl groups is 1. The van der Waals surface area contributed by atoms with E-state index in [0.717, 1.165) is 35.5 Å². The van der Waals surface area contributed by atoms with E-state index in [1.807, 2.05) is 60.7 Å². The number of phenols is 1. The number of nitrogens with zero attached hydrogens (tertiary/aromatic N) is 3. The smallest absolute Gasteiger partial charge is 0.326 e. The minimum absolute atomic E-state index is 0.00512. The van der Waals surface area contributed by atoms with Gasteiger partial charge in [-0.15, -0.1) is 0 Å². The summed E-state index contributed by atoms with van der Waals surface area (Å²) in [5.41, 5.74) is 6.86. The fourth-order valence-corrected chi connectivity index (χ4v) is 5.44. The van der Waals surface area contributed by atoms with E-state index in [9.17, 15) is 14.7 Å². The molecule has 47 heavy (non-hydrogen) atoms. The first kappa shape index (κ1) is 30.7. The summed E-state index contributed by atoms with van der Waals surface area (Å²) in [6.07, 6.45) is 1.71. The minimum atomic E-state index is -0.630. The van der Waals surface area contributed by atoms with Crippen LogP contribution in [0.3, 0.4) is 0 Å². The Kier molecular flexibility index (Phi) is 9.30. The number of carbonyl (C=O) groups excluding carboxylic acids is 2. The molecule has 0 bridgehead atoms. The predicted octanol–water partition coefficient (Wildman–Crippen LogP) is 9.48. The first-order valence-corrected chi connectivity index (χ1v) is 15.2. The van der Waals surface area contributed by atoms with Crippen LogP contribution in [-0.2, 0) is 12.8 Å². The first-order chi connectivity index (χ1) is 23.0. The number of fused-ring (bicyclic) bond motifs is 1. The van der Waals surface area contributed by atoms with E-state index in [-0.39, 0.29) is 5.75 Å². The van der Waals surface area contributed by atoms with Crippen molar-refractivity contribution in [3.05, 3.63) is 156 Å². The summed E-state index contributed by atoms with van der Waals surface area (Å²) in [5.74, 6) is -0.552. The number of carbonyl (C=O) groups is 2. The van der Waals surface area contributed by atoms with Gasteiger partial charge in [-0.1, -0.05) is 72.8 Å². The molecule has 0 fully saturated rings. The summed E-state index contributed by atoms with van der Waals surface area (Å²) in [4.78, 5) is 27.6. The molecule has 0 aliphatic rings. The van der Waals surface area contributed by atoms with Gasteiger partial charge in [0.2, 0.25) is 0 Å². The number of rotatable bonds is 9. The van der Waals surface area contributed by atoms with Crippen LogP contribution in [0.5, 0.6) is 5.75 Å². The van der Waals surface area contributed by atoms with Crippen molar-refractivity contribution < 1.29 is 14.7 Å². The highest BCUT2D eigenvalue weighted by Gasteiger charge is 2.14. The van der Waals surface area contributed by atoms with Crippen molar-refractivity contribution in [2.75, 3.05) is 17.3 Å². The van der Waals surface area contributed by atoms with Crippen LogP contribution in [0.25, 0.3) is 10.8 Å². The Morgan fingerprint density at radius 2 is 1.26 bits per heavy atom. The molecule has 6 rings (SSSR count). The van der Waals surface area contributed by atoms with Crippen molar-refractivity contribution in [1.29, 1.82) is 0 Å². The number of imide groups is 1. The van der Waals surface area contributed by atoms with Gasteiger partial charge in [-0.3, -0.25) is 10.1 Å². The van der Waals surface area contributed by atoms with Crippen LogP contribution >= 0.6 is 0 Å². The van der Waals surface area contributed by atoms with Crippen LogP contribution in [0, 0.1) is 0 Å². The lowest BCUT2D eigenvalue weighted by atomic mass is 10.0. The molecule has 0 saturated heterocycles. The van der Waals surface area contributed by atoms with Gasteiger partial charge >= 0.3 is 6.03 Å². The molecule has 0 unspecified atom stereocenters. The number of urea groups is 1. The van der Waals surface area contributed by atoms with Crippen molar-refractivity contribution in [2.24, 2.45) is 10.2 Å². The van der Waals surface area contributed by atoms with Gasteiger partial charge in [-0.2, -0.15) is 10.2 Å². The van der Waals surface area contributed by atoms with Crippen molar-refractivity contribution in [2.45, 2.75) is 12.8 Å². The average molecular weight is 620 g/mol. The summed E-state index contributed by atoms with van der Waals surface area (Å²) in [7, 11) is 1.51. The number of azo groups is 1. The molecule has 0 radical (unpaired) electrons.